The summed E-state index contributed by atoms with van der Waals surface area (Å²) in [6, 6.07) is 5.41. The van der Waals surface area contributed by atoms with Crippen molar-refractivity contribution in [2.45, 2.75) is 38.8 Å². The number of benzene rings is 1. The number of ether oxygens (including phenoxy) is 2. The number of hydrogen-bond acceptors (Lipinski definition) is 7. The highest BCUT2D eigenvalue weighted by Crippen LogP contribution is 2.36. The second-order valence-electron chi connectivity index (χ2n) is 6.52. The van der Waals surface area contributed by atoms with E-state index in [-0.39, 0.29) is 24.3 Å². The van der Waals surface area contributed by atoms with Crippen LogP contribution in [0.1, 0.15) is 43.4 Å². The lowest BCUT2D eigenvalue weighted by Crippen LogP contribution is -2.33. The summed E-state index contributed by atoms with van der Waals surface area (Å²) in [7, 11) is 0. The second kappa shape index (κ2) is 6.82. The monoisotopic (exact) mass is 372 g/mol. The number of aromatic amines is 1. The predicted octanol–water partition coefficient (Wildman–Crippen LogP) is 1.21. The van der Waals surface area contributed by atoms with Crippen LogP contribution >= 0.6 is 0 Å². The Morgan fingerprint density at radius 2 is 2.11 bits per heavy atom. The van der Waals surface area contributed by atoms with Crippen LogP contribution in [0.3, 0.4) is 0 Å². The Hall–Kier alpha value is -3.23. The van der Waals surface area contributed by atoms with Crippen LogP contribution in [0.2, 0.25) is 0 Å². The van der Waals surface area contributed by atoms with E-state index in [4.69, 9.17) is 9.47 Å². The van der Waals surface area contributed by atoms with Crippen molar-refractivity contribution in [2.75, 3.05) is 6.79 Å². The number of fused-ring (bicyclic) bond motifs is 1. The zero-order valence-corrected chi connectivity index (χ0v) is 14.8. The first-order valence-corrected chi connectivity index (χ1v) is 8.86. The Morgan fingerprint density at radius 3 is 2.93 bits per heavy atom. The van der Waals surface area contributed by atoms with Crippen molar-refractivity contribution < 1.29 is 14.6 Å². The molecule has 0 saturated heterocycles. The van der Waals surface area contributed by atoms with Gasteiger partial charge in [-0.2, -0.15) is 5.10 Å². The molecule has 0 saturated carbocycles. The van der Waals surface area contributed by atoms with Crippen molar-refractivity contribution in [1.82, 2.24) is 15.0 Å². The number of hydrazone groups is 1. The zero-order valence-electron chi connectivity index (χ0n) is 14.8. The molecule has 0 spiro atoms. The van der Waals surface area contributed by atoms with Crippen molar-refractivity contribution >= 4 is 5.71 Å². The average Bonchev–Trinajstić information content (AvgIpc) is 3.30. The molecule has 2 aliphatic heterocycles. The molecule has 1 atom stereocenters. The highest BCUT2D eigenvalue weighted by Gasteiger charge is 2.28. The molecule has 9 heteroatoms. The van der Waals surface area contributed by atoms with Gasteiger partial charge in [0.1, 0.15) is 5.56 Å². The van der Waals surface area contributed by atoms with E-state index in [0.29, 0.717) is 36.6 Å². The van der Waals surface area contributed by atoms with Gasteiger partial charge in [0.15, 0.2) is 11.5 Å². The van der Waals surface area contributed by atoms with E-state index in [2.05, 4.69) is 15.5 Å². The number of aromatic hydroxyl groups is 1. The van der Waals surface area contributed by atoms with Gasteiger partial charge >= 0.3 is 5.69 Å². The molecular weight excluding hydrogens is 352 g/mol. The second-order valence-corrected chi connectivity index (χ2v) is 6.52. The van der Waals surface area contributed by atoms with E-state index in [0.717, 1.165) is 12.0 Å². The topological polar surface area (TPSA) is 118 Å². The summed E-state index contributed by atoms with van der Waals surface area (Å²) in [6.45, 7) is 2.51. The van der Waals surface area contributed by atoms with Crippen LogP contribution in [0.5, 0.6) is 17.4 Å². The maximum Gasteiger partial charge on any atom is 0.331 e. The summed E-state index contributed by atoms with van der Waals surface area (Å²) in [5, 5.41) is 14.7. The number of aromatic nitrogens is 2. The molecule has 2 aromatic rings. The Kier molecular flexibility index (Phi) is 4.35. The summed E-state index contributed by atoms with van der Waals surface area (Å²) in [4.78, 5) is 26.6. The van der Waals surface area contributed by atoms with Gasteiger partial charge in [-0.3, -0.25) is 14.3 Å². The van der Waals surface area contributed by atoms with E-state index in [9.17, 15) is 14.7 Å². The first kappa shape index (κ1) is 17.2. The summed E-state index contributed by atoms with van der Waals surface area (Å²) in [6.07, 6.45) is 1.96. The van der Waals surface area contributed by atoms with Crippen molar-refractivity contribution in [2.24, 2.45) is 5.10 Å². The molecule has 0 aliphatic carbocycles. The van der Waals surface area contributed by atoms with Crippen LogP contribution in [0.25, 0.3) is 0 Å². The fourth-order valence-electron chi connectivity index (χ4n) is 3.26. The van der Waals surface area contributed by atoms with Gasteiger partial charge in [0, 0.05) is 13.0 Å². The van der Waals surface area contributed by atoms with Crippen LogP contribution in [0.4, 0.5) is 0 Å². The van der Waals surface area contributed by atoms with Crippen LogP contribution < -0.4 is 26.1 Å². The maximum absolute atomic E-state index is 12.3. The number of hydrogen-bond donors (Lipinski definition) is 3. The molecule has 0 fully saturated rings. The lowest BCUT2D eigenvalue weighted by molar-refractivity contribution is 0.174. The number of H-pyrrole nitrogens is 1. The van der Waals surface area contributed by atoms with E-state index in [1.165, 1.54) is 4.57 Å². The lowest BCUT2D eigenvalue weighted by Gasteiger charge is -2.12. The van der Waals surface area contributed by atoms with Crippen LogP contribution in [-0.2, 0) is 6.54 Å². The summed E-state index contributed by atoms with van der Waals surface area (Å²) < 4.78 is 11.9. The van der Waals surface area contributed by atoms with E-state index in [1.54, 1.807) is 0 Å². The molecule has 3 heterocycles. The van der Waals surface area contributed by atoms with E-state index >= 15 is 0 Å². The van der Waals surface area contributed by atoms with Crippen molar-refractivity contribution in [3.8, 4) is 17.4 Å². The molecular formula is C18H20N4O5. The standard InChI is InChI=1S/C18H20N4O5/c1-2-3-6-22-17(24)15(16(23)19-18(22)25)12-8-11(20-21-12)10-4-5-13-14(7-10)27-9-26-13/h4-5,7,11,20,24H,2-3,6,8-9H2,1H3,(H,19,23,25)/t11-/m1/s1. The summed E-state index contributed by atoms with van der Waals surface area (Å²) in [5.74, 6) is 1.01. The van der Waals surface area contributed by atoms with Crippen LogP contribution in [0, 0.1) is 0 Å². The van der Waals surface area contributed by atoms with Gasteiger partial charge in [-0.1, -0.05) is 19.4 Å². The molecule has 1 aromatic carbocycles. The minimum absolute atomic E-state index is 0.0291. The van der Waals surface area contributed by atoms with Crippen LogP contribution in [-0.4, -0.2) is 27.2 Å². The van der Waals surface area contributed by atoms with Gasteiger partial charge in [0.2, 0.25) is 12.7 Å². The largest absolute Gasteiger partial charge is 0.494 e. The summed E-state index contributed by atoms with van der Waals surface area (Å²) in [5.41, 5.74) is 3.08. The highest BCUT2D eigenvalue weighted by atomic mass is 16.7. The predicted molar refractivity (Wildman–Crippen MR) is 97.5 cm³/mol. The van der Waals surface area contributed by atoms with Gasteiger partial charge in [-0.15, -0.1) is 0 Å². The van der Waals surface area contributed by atoms with Gasteiger partial charge in [0.05, 0.1) is 11.8 Å². The number of nitrogens with one attached hydrogen (secondary N) is 2. The first-order chi connectivity index (χ1) is 13.1. The minimum Gasteiger partial charge on any atom is -0.494 e. The van der Waals surface area contributed by atoms with Crippen LogP contribution in [0.15, 0.2) is 32.9 Å². The smallest absolute Gasteiger partial charge is 0.331 e. The normalized spacial score (nSPS) is 17.7. The molecule has 2 aliphatic rings. The van der Waals surface area contributed by atoms with E-state index < -0.39 is 11.2 Å². The SMILES string of the molecule is CCCCn1c(O)c(C2=NN[C@@H](c3ccc4c(c3)OCO4)C2)c(=O)[nH]c1=O. The average molecular weight is 372 g/mol. The molecule has 4 rings (SSSR count). The zero-order chi connectivity index (χ0) is 19.0. The van der Waals surface area contributed by atoms with Crippen molar-refractivity contribution in [1.29, 1.82) is 0 Å². The third-order valence-electron chi connectivity index (χ3n) is 4.75. The minimum atomic E-state index is -0.642. The Labute approximate surface area is 154 Å². The Bertz CT molecular complexity index is 1020. The third-order valence-corrected chi connectivity index (χ3v) is 4.75. The Morgan fingerprint density at radius 1 is 1.30 bits per heavy atom. The molecule has 27 heavy (non-hydrogen) atoms. The van der Waals surface area contributed by atoms with Gasteiger partial charge < -0.3 is 20.0 Å². The van der Waals surface area contributed by atoms with Crippen molar-refractivity contribution in [3.05, 3.63) is 50.2 Å². The molecule has 3 N–H and O–H groups in total. The lowest BCUT2D eigenvalue weighted by atomic mass is 9.99. The Balaban J connectivity index is 1.62. The molecule has 0 radical (unpaired) electrons. The van der Waals surface area contributed by atoms with E-state index in [1.807, 2.05) is 25.1 Å². The highest BCUT2D eigenvalue weighted by molar-refractivity contribution is 6.03. The molecule has 1 aromatic heterocycles. The molecule has 0 bridgehead atoms. The van der Waals surface area contributed by atoms with Crippen molar-refractivity contribution in [3.63, 3.8) is 0 Å². The number of nitrogens with zero attached hydrogens (tertiary/aromatic N) is 2. The molecule has 0 amide bonds. The first-order valence-electron chi connectivity index (χ1n) is 8.86. The number of rotatable bonds is 5. The third kappa shape index (κ3) is 3.05. The fourth-order valence-corrected chi connectivity index (χ4v) is 3.26. The molecule has 9 nitrogen and oxygen atoms in total. The molecule has 142 valence electrons. The summed E-state index contributed by atoms with van der Waals surface area (Å²) >= 11 is 0. The quantitative estimate of drug-likeness (QED) is 0.726. The van der Waals surface area contributed by atoms with Gasteiger partial charge in [0.25, 0.3) is 5.56 Å². The maximum atomic E-state index is 12.3. The number of unbranched alkanes of at least 4 members (excludes halogenated alkanes) is 1. The molecule has 0 unspecified atom stereocenters. The van der Waals surface area contributed by atoms with Gasteiger partial charge in [-0.05, 0) is 24.1 Å². The fraction of sp³-hybridized carbons (Fsp3) is 0.389. The van der Waals surface area contributed by atoms with Gasteiger partial charge in [-0.25, -0.2) is 4.79 Å².